The fraction of sp³-hybridized carbons (Fsp3) is 0.136. The van der Waals surface area contributed by atoms with E-state index in [9.17, 15) is 21.6 Å². The lowest BCUT2D eigenvalue weighted by atomic mass is 10.2. The summed E-state index contributed by atoms with van der Waals surface area (Å²) in [5, 5.41) is 2.96. The largest absolute Gasteiger partial charge is 0.476 e. The maximum Gasteiger partial charge on any atom is 0.267 e. The zero-order valence-electron chi connectivity index (χ0n) is 17.8. The normalized spacial score (nSPS) is 15.7. The second-order valence-corrected chi connectivity index (χ2v) is 11.5. The summed E-state index contributed by atoms with van der Waals surface area (Å²) in [6, 6.07) is 18.5. The Kier molecular flexibility index (Phi) is 6.43. The number of benzene rings is 3. The average Bonchev–Trinajstić information content (AvgIpc) is 2.78. The molecule has 1 aliphatic rings. The molecule has 0 fully saturated rings. The number of rotatable bonds is 6. The Bertz CT molecular complexity index is 1430. The van der Waals surface area contributed by atoms with Crippen molar-refractivity contribution in [1.82, 2.24) is 0 Å². The van der Waals surface area contributed by atoms with Crippen molar-refractivity contribution in [2.45, 2.75) is 11.0 Å². The van der Waals surface area contributed by atoms with Crippen molar-refractivity contribution in [2.75, 3.05) is 27.1 Å². The van der Waals surface area contributed by atoms with Crippen LogP contribution >= 0.6 is 11.6 Å². The van der Waals surface area contributed by atoms with Crippen LogP contribution in [-0.4, -0.2) is 41.6 Å². The van der Waals surface area contributed by atoms with Gasteiger partial charge in [-0.3, -0.25) is 13.8 Å². The maximum atomic E-state index is 12.8. The van der Waals surface area contributed by atoms with Crippen molar-refractivity contribution in [3.63, 3.8) is 0 Å². The van der Waals surface area contributed by atoms with Crippen LogP contribution in [0.1, 0.15) is 0 Å². The van der Waals surface area contributed by atoms with E-state index in [1.807, 2.05) is 0 Å². The van der Waals surface area contributed by atoms with Gasteiger partial charge in [0.25, 0.3) is 15.9 Å². The summed E-state index contributed by atoms with van der Waals surface area (Å²) >= 11 is 5.98. The molecule has 0 saturated carbocycles. The summed E-state index contributed by atoms with van der Waals surface area (Å²) in [7, 11) is -7.51. The summed E-state index contributed by atoms with van der Waals surface area (Å²) in [5.74, 6) is -0.387. The van der Waals surface area contributed by atoms with Gasteiger partial charge in [0.15, 0.2) is 6.10 Å². The number of carbonyl (C=O) groups is 1. The molecule has 9 nitrogen and oxygen atoms in total. The number of fused-ring (bicyclic) bond motifs is 1. The number of anilines is 3. The molecule has 0 bridgehead atoms. The molecule has 34 heavy (non-hydrogen) atoms. The van der Waals surface area contributed by atoms with E-state index < -0.39 is 32.1 Å². The van der Waals surface area contributed by atoms with Gasteiger partial charge in [0, 0.05) is 16.4 Å². The average molecular weight is 522 g/mol. The molecule has 0 aliphatic carbocycles. The number of amides is 1. The molecular formula is C22H20ClN3O6S2. The lowest BCUT2D eigenvalue weighted by Crippen LogP contribution is -2.48. The summed E-state index contributed by atoms with van der Waals surface area (Å²) in [6.45, 7) is -0.245. The van der Waals surface area contributed by atoms with E-state index in [-0.39, 0.29) is 22.9 Å². The third kappa shape index (κ3) is 5.27. The van der Waals surface area contributed by atoms with Gasteiger partial charge in [0.2, 0.25) is 10.0 Å². The van der Waals surface area contributed by atoms with E-state index in [4.69, 9.17) is 16.3 Å². The van der Waals surface area contributed by atoms with Gasteiger partial charge in [0.1, 0.15) is 5.75 Å². The van der Waals surface area contributed by atoms with E-state index >= 15 is 0 Å². The van der Waals surface area contributed by atoms with Crippen LogP contribution in [0.25, 0.3) is 0 Å². The Balaban J connectivity index is 1.49. The highest BCUT2D eigenvalue weighted by molar-refractivity contribution is 7.92. The van der Waals surface area contributed by atoms with Crippen LogP contribution in [0.15, 0.2) is 77.7 Å². The molecular weight excluding hydrogens is 502 g/mol. The number of nitrogens with one attached hydrogen (secondary N) is 2. The maximum absolute atomic E-state index is 12.8. The van der Waals surface area contributed by atoms with E-state index in [0.717, 1.165) is 10.6 Å². The minimum atomic E-state index is -3.81. The molecule has 0 spiro atoms. The lowest BCUT2D eigenvalue weighted by Gasteiger charge is -2.34. The zero-order valence-corrected chi connectivity index (χ0v) is 20.2. The van der Waals surface area contributed by atoms with Crippen LogP contribution in [0, 0.1) is 0 Å². The Morgan fingerprint density at radius 3 is 2.29 bits per heavy atom. The monoisotopic (exact) mass is 521 g/mol. The van der Waals surface area contributed by atoms with E-state index in [0.29, 0.717) is 16.4 Å². The highest BCUT2D eigenvalue weighted by Crippen LogP contribution is 2.37. The smallest absolute Gasteiger partial charge is 0.267 e. The van der Waals surface area contributed by atoms with Crippen LogP contribution in [-0.2, 0) is 24.8 Å². The minimum Gasteiger partial charge on any atom is -0.476 e. The summed E-state index contributed by atoms with van der Waals surface area (Å²) < 4.78 is 58.9. The van der Waals surface area contributed by atoms with Crippen molar-refractivity contribution in [3.05, 3.63) is 77.8 Å². The van der Waals surface area contributed by atoms with E-state index in [1.165, 1.54) is 42.5 Å². The number of ether oxygens (including phenoxy) is 1. The highest BCUT2D eigenvalue weighted by Gasteiger charge is 2.35. The molecule has 0 saturated heterocycles. The summed E-state index contributed by atoms with van der Waals surface area (Å²) in [6.07, 6.45) is -0.104. The number of halogens is 1. The van der Waals surface area contributed by atoms with Gasteiger partial charge >= 0.3 is 0 Å². The number of hydrogen-bond donors (Lipinski definition) is 2. The number of hydrogen-bond acceptors (Lipinski definition) is 6. The van der Waals surface area contributed by atoms with Gasteiger partial charge < -0.3 is 10.1 Å². The van der Waals surface area contributed by atoms with Gasteiger partial charge in [-0.05, 0) is 54.6 Å². The summed E-state index contributed by atoms with van der Waals surface area (Å²) in [5.41, 5.74) is 0.992. The van der Waals surface area contributed by atoms with Crippen LogP contribution in [0.2, 0.25) is 5.02 Å². The standard InChI is InChI=1S/C22H20ClN3O6S2/c1-33(28,29)26-14-21(32-20-12-7-15(23)13-19(20)26)22(27)24-16-8-10-18(11-9-16)34(30,31)25-17-5-3-2-4-6-17/h2-13,21,25H,14H2,1H3,(H,24,27)/t21-/m0/s1. The molecule has 3 aromatic rings. The van der Waals surface area contributed by atoms with Gasteiger partial charge in [-0.15, -0.1) is 0 Å². The van der Waals surface area contributed by atoms with Gasteiger partial charge in [0.05, 0.1) is 23.4 Å². The molecule has 0 unspecified atom stereocenters. The molecule has 4 rings (SSSR count). The van der Waals surface area contributed by atoms with E-state index in [2.05, 4.69) is 10.0 Å². The SMILES string of the molecule is CS(=O)(=O)N1C[C@@H](C(=O)Nc2ccc(S(=O)(=O)Nc3ccccc3)cc2)Oc2ccc(Cl)cc21. The zero-order chi connectivity index (χ0) is 24.5. The first-order valence-corrected chi connectivity index (χ1v) is 13.7. The van der Waals surface area contributed by atoms with Crippen LogP contribution in [0.4, 0.5) is 17.1 Å². The van der Waals surface area contributed by atoms with Crippen molar-refractivity contribution >= 4 is 54.6 Å². The number of carbonyl (C=O) groups excluding carboxylic acids is 1. The minimum absolute atomic E-state index is 0.0114. The molecule has 0 aromatic heterocycles. The van der Waals surface area contributed by atoms with Crippen LogP contribution in [0.5, 0.6) is 5.75 Å². The van der Waals surface area contributed by atoms with Gasteiger partial charge in [-0.1, -0.05) is 29.8 Å². The van der Waals surface area contributed by atoms with Crippen molar-refractivity contribution < 1.29 is 26.4 Å². The molecule has 12 heteroatoms. The Labute approximate surface area is 202 Å². The topological polar surface area (TPSA) is 122 Å². The third-order valence-electron chi connectivity index (χ3n) is 4.94. The van der Waals surface area contributed by atoms with Crippen LogP contribution < -0.4 is 19.1 Å². The Morgan fingerprint density at radius 1 is 0.971 bits per heavy atom. The fourth-order valence-corrected chi connectivity index (χ4v) is 5.47. The molecule has 2 N–H and O–H groups in total. The van der Waals surface area contributed by atoms with Crippen molar-refractivity contribution in [3.8, 4) is 5.75 Å². The highest BCUT2D eigenvalue weighted by atomic mass is 35.5. The summed E-state index contributed by atoms with van der Waals surface area (Å²) in [4.78, 5) is 12.8. The Hall–Kier alpha value is -3.28. The second kappa shape index (κ2) is 9.16. The van der Waals surface area contributed by atoms with Crippen molar-refractivity contribution in [2.24, 2.45) is 0 Å². The second-order valence-electron chi connectivity index (χ2n) is 7.50. The molecule has 3 aromatic carbocycles. The number of para-hydroxylation sites is 1. The van der Waals surface area contributed by atoms with E-state index in [1.54, 1.807) is 30.3 Å². The molecule has 1 aliphatic heterocycles. The predicted octanol–water partition coefficient (Wildman–Crippen LogP) is 3.31. The Morgan fingerprint density at radius 2 is 1.65 bits per heavy atom. The number of sulfonamides is 2. The molecule has 178 valence electrons. The number of nitrogens with zero attached hydrogens (tertiary/aromatic N) is 1. The first-order chi connectivity index (χ1) is 16.0. The van der Waals surface area contributed by atoms with Gasteiger partial charge in [-0.25, -0.2) is 16.8 Å². The quantitative estimate of drug-likeness (QED) is 0.513. The molecule has 0 radical (unpaired) electrons. The fourth-order valence-electron chi connectivity index (χ4n) is 3.34. The van der Waals surface area contributed by atoms with Crippen LogP contribution in [0.3, 0.4) is 0 Å². The first kappa shape index (κ1) is 23.9. The lowest BCUT2D eigenvalue weighted by molar-refractivity contribution is -0.122. The molecule has 1 atom stereocenters. The molecule has 1 heterocycles. The molecule has 1 amide bonds. The van der Waals surface area contributed by atoms with Gasteiger partial charge in [-0.2, -0.15) is 0 Å². The van der Waals surface area contributed by atoms with Crippen molar-refractivity contribution in [1.29, 1.82) is 0 Å². The predicted molar refractivity (Wildman–Crippen MR) is 130 cm³/mol. The third-order valence-corrected chi connectivity index (χ3v) is 7.72. The first-order valence-electron chi connectivity index (χ1n) is 9.96.